The Morgan fingerprint density at radius 2 is 0.483 bits per heavy atom. The van der Waals surface area contributed by atoms with Crippen molar-refractivity contribution < 1.29 is 292 Å². The molecule has 0 saturated carbocycles. The van der Waals surface area contributed by atoms with E-state index in [1.54, 1.807) is 0 Å². The molecule has 11 fully saturated rings. The maximum atomic E-state index is 13.7. The second kappa shape index (κ2) is 52.3. The number of amides is 4. The van der Waals surface area contributed by atoms with Crippen LogP contribution in [0.15, 0.2) is 0 Å². The van der Waals surface area contributed by atoms with Crippen LogP contribution in [-0.4, -0.2) is 627 Å². The molecule has 59 atom stereocenters. The summed E-state index contributed by atoms with van der Waals surface area (Å²) < 4.78 is 133. The van der Waals surface area contributed by atoms with Gasteiger partial charge in [-0.2, -0.15) is 0 Å². The third-order valence-corrected chi connectivity index (χ3v) is 26.2. The molecule has 11 saturated heterocycles. The summed E-state index contributed by atoms with van der Waals surface area (Å²) in [5, 5.41) is 378. The van der Waals surface area contributed by atoms with Gasteiger partial charge in [-0.3, -0.25) is 19.2 Å². The Hall–Kier alpha value is -4.32. The van der Waals surface area contributed by atoms with Crippen LogP contribution in [0.4, 0.5) is 0 Å². The molecular formula is C80H136N4O59. The van der Waals surface area contributed by atoms with Crippen LogP contribution in [0.1, 0.15) is 41.5 Å². The van der Waals surface area contributed by atoms with E-state index in [4.69, 9.17) is 104 Å². The minimum absolute atomic E-state index is 0.861. The average Bonchev–Trinajstić information content (AvgIpc) is 0.759. The Bertz CT molecular complexity index is 3900. The van der Waals surface area contributed by atoms with Crippen molar-refractivity contribution in [2.75, 3.05) is 72.7 Å². The van der Waals surface area contributed by atoms with Gasteiger partial charge in [0.2, 0.25) is 23.6 Å². The third-order valence-electron chi connectivity index (χ3n) is 26.2. The maximum absolute atomic E-state index is 13.7. The van der Waals surface area contributed by atoms with Gasteiger partial charge in [0.25, 0.3) is 0 Å². The van der Waals surface area contributed by atoms with Gasteiger partial charge in [0.15, 0.2) is 69.2 Å². The molecule has 0 radical (unpaired) electrons. The number of nitrogens with one attached hydrogen (secondary N) is 4. The molecule has 0 aromatic heterocycles. The van der Waals surface area contributed by atoms with Crippen LogP contribution < -0.4 is 21.3 Å². The molecule has 0 spiro atoms. The zero-order chi connectivity index (χ0) is 106. The summed E-state index contributed by atoms with van der Waals surface area (Å²) in [6, 6.07) is -8.29. The number of aliphatic hydroxyl groups excluding tert-OH is 33. The maximum Gasteiger partial charge on any atom is 0.217 e. The van der Waals surface area contributed by atoms with E-state index >= 15 is 0 Å². The minimum atomic E-state index is -2.66. The molecule has 4 amide bonds. The van der Waals surface area contributed by atoms with Crippen LogP contribution >= 0.6 is 0 Å². The van der Waals surface area contributed by atoms with E-state index in [0.717, 1.165) is 27.7 Å². The number of carbonyl (C=O) groups excluding carboxylic acids is 4. The largest absolute Gasteiger partial charge is 0.394 e. The molecule has 11 rings (SSSR count). The van der Waals surface area contributed by atoms with E-state index in [-0.39, 0.29) is 0 Å². The topological polar surface area (TPSA) is 987 Å². The number of rotatable bonds is 40. The first-order valence-corrected chi connectivity index (χ1v) is 45.8. The average molecular weight is 2100 g/mol. The van der Waals surface area contributed by atoms with E-state index in [1.165, 1.54) is 13.8 Å². The Morgan fingerprint density at radius 3 is 0.797 bits per heavy atom. The van der Waals surface area contributed by atoms with Gasteiger partial charge >= 0.3 is 0 Å². The smallest absolute Gasteiger partial charge is 0.217 e. The van der Waals surface area contributed by atoms with Crippen molar-refractivity contribution in [3.05, 3.63) is 0 Å². The molecule has 11 aliphatic rings. The molecule has 0 unspecified atom stereocenters. The molecule has 143 heavy (non-hydrogen) atoms. The first kappa shape index (κ1) is 119. The number of hydrogen-bond donors (Lipinski definition) is 37. The molecule has 11 aliphatic heterocycles. The molecule has 37 N–H and O–H groups in total. The summed E-state index contributed by atoms with van der Waals surface area (Å²) in [5.41, 5.74) is 0. The molecule has 63 heteroatoms. The Morgan fingerprint density at radius 1 is 0.238 bits per heavy atom. The Labute approximate surface area is 810 Å². The quantitative estimate of drug-likeness (QED) is 0.0271. The molecule has 0 aromatic rings. The molecular weight excluding hydrogens is 1960 g/mol. The van der Waals surface area contributed by atoms with Crippen molar-refractivity contribution in [1.82, 2.24) is 21.3 Å². The standard InChI is InChI=1S/C80H136N4O59/c1-18-39(100)49(110)54(115)74(124-18)138-64-31(14-92)131-72(37(83-22(5)96)66(64)140-77-57(118)52(113)43(104)27(10-88)127-77)142-68-45(106)33(133-79(59(68)120)135-61(25(99)8-86)41(102)24(98)7-85)16-122-71-36(82-21(4)95)48(109)63(30(13-91)130-71)137-80-60(121)69(46(107)34(134-80)17-123-70-35(81-20(3)94)47(108)62(29(12-90)129-70)136-76-56(117)51(112)42(103)26(9-87)126-76)143-73-38(84-23(6)97)67(141-78-58(119)53(114)44(105)28(11-89)128-78)65(32(15-93)132-73)139-75-55(116)50(111)40(101)19(2)125-75/h18-19,24-80,85-93,98-121H,7-17H2,1-6H3,(H,81,94)(H,82,95)(H,83,96)(H,84,97)/t18-,19-,24-,25+,26+,27+,28+,29+,30+,31+,32+,33+,34+,35+,36+,37+,38+,39+,40+,41+,42-,43-,44-,45-,46-,47+,48+,49+,50+,51-,52-,53-,54-,55-,56+,57+,58+,59+,60+,61+,62+,63+,64+,65+,66+,67+,68-,69-,70+,71+,72-,73-,74-,75-,76-,77-,78-,79-,80-/m0/s1. The van der Waals surface area contributed by atoms with Crippen molar-refractivity contribution in [2.45, 2.75) is 403 Å². The minimum Gasteiger partial charge on any atom is -0.394 e. The Balaban J connectivity index is 0.941. The normalized spacial score (nSPS) is 48.3. The van der Waals surface area contributed by atoms with E-state index in [0.29, 0.717) is 0 Å². The monoisotopic (exact) mass is 2100 g/mol. The van der Waals surface area contributed by atoms with Gasteiger partial charge in [-0.1, -0.05) is 0 Å². The summed E-state index contributed by atoms with van der Waals surface area (Å²) in [7, 11) is 0. The molecule has 0 aromatic carbocycles. The van der Waals surface area contributed by atoms with Crippen molar-refractivity contribution in [2.24, 2.45) is 0 Å². The first-order chi connectivity index (χ1) is 67.6. The van der Waals surface area contributed by atoms with Crippen molar-refractivity contribution in [3.8, 4) is 0 Å². The van der Waals surface area contributed by atoms with Crippen LogP contribution in [0.3, 0.4) is 0 Å². The van der Waals surface area contributed by atoms with Crippen molar-refractivity contribution in [3.63, 3.8) is 0 Å². The lowest BCUT2D eigenvalue weighted by molar-refractivity contribution is -0.393. The fraction of sp³-hybridized carbons (Fsp3) is 0.950. The SMILES string of the molecule is CC(=O)N[C@H]1[C@H](OC[C@H]2O[C@@H](O[C@H]3[C@H](O)[C@@H](NC(C)=O)[C@H](OC[C@H]4O[C@@H](O[C@@H]([C@H](O)[C@@H](O)CO)[C@H](O)CO)[C@H](O)[C@@H](O[C@@H]5O[C@H](CO)[C@@H](O[C@@H]6O[C@@H](C)[C@@H](O)[C@@H](O)[C@@H]6O)[C@H](O[C@@H]6O[C@H](CO)[C@H](O)[C@H](O)[C@H]6O)[C@H]5NC(C)=O)[C@H]4O)O[C@@H]3CO)[C@H](O)[C@@H](O[C@@H]3O[C@H](CO)[C@@H](O[C@@H]4O[C@@H](C)[C@@H](O)[C@@H](O)[C@@H]4O)[C@H](O[C@@H]4O[C@H](CO)[C@H](O)[C@H](O)[C@H]4O)[C@H]3NC(C)=O)[C@H]2O)O[C@H](CO)[C@@H](O[C@@H]2O[C@H](CO)[C@H](O)[C@H](O)[C@H]2O)[C@@H]1O. The van der Waals surface area contributed by atoms with Gasteiger partial charge in [0.05, 0.1) is 84.9 Å². The van der Waals surface area contributed by atoms with E-state index in [2.05, 4.69) is 21.3 Å². The highest BCUT2D eigenvalue weighted by Crippen LogP contribution is 2.43. The number of aliphatic hydroxyl groups is 33. The van der Waals surface area contributed by atoms with Gasteiger partial charge in [0.1, 0.15) is 281 Å². The summed E-state index contributed by atoms with van der Waals surface area (Å²) in [5.74, 6) is -4.17. The zero-order valence-electron chi connectivity index (χ0n) is 77.2. The summed E-state index contributed by atoms with van der Waals surface area (Å²) in [4.78, 5) is 53.9. The highest BCUT2D eigenvalue weighted by atomic mass is 16.8. The number of hydrogen-bond acceptors (Lipinski definition) is 59. The summed E-state index contributed by atoms with van der Waals surface area (Å²) in [6.45, 7) is -7.29. The van der Waals surface area contributed by atoms with E-state index in [1.807, 2.05) is 0 Å². The van der Waals surface area contributed by atoms with Crippen molar-refractivity contribution in [1.29, 1.82) is 0 Å². The highest BCUT2D eigenvalue weighted by Gasteiger charge is 2.64. The van der Waals surface area contributed by atoms with Gasteiger partial charge in [0, 0.05) is 27.7 Å². The molecule has 0 aliphatic carbocycles. The van der Waals surface area contributed by atoms with E-state index in [9.17, 15) is 188 Å². The zero-order valence-corrected chi connectivity index (χ0v) is 77.2. The van der Waals surface area contributed by atoms with Gasteiger partial charge in [-0.15, -0.1) is 0 Å². The molecule has 11 heterocycles. The van der Waals surface area contributed by atoms with Crippen LogP contribution in [-0.2, 0) is 123 Å². The third kappa shape index (κ3) is 26.8. The van der Waals surface area contributed by atoms with Gasteiger partial charge < -0.3 is 294 Å². The lowest BCUT2D eigenvalue weighted by Crippen LogP contribution is -2.71. The van der Waals surface area contributed by atoms with Crippen LogP contribution in [0, 0.1) is 0 Å². The highest BCUT2D eigenvalue weighted by molar-refractivity contribution is 5.74. The molecule has 0 bridgehead atoms. The fourth-order valence-electron chi connectivity index (χ4n) is 18.3. The summed E-state index contributed by atoms with van der Waals surface area (Å²) >= 11 is 0. The number of ether oxygens (including phenoxy) is 22. The fourth-order valence-corrected chi connectivity index (χ4v) is 18.3. The Kier molecular flexibility index (Phi) is 43.5. The first-order valence-electron chi connectivity index (χ1n) is 45.8. The van der Waals surface area contributed by atoms with Crippen molar-refractivity contribution >= 4 is 23.6 Å². The van der Waals surface area contributed by atoms with Crippen LogP contribution in [0.5, 0.6) is 0 Å². The predicted octanol–water partition coefficient (Wildman–Crippen LogP) is -24.9. The van der Waals surface area contributed by atoms with E-state index < -0.39 is 458 Å². The predicted molar refractivity (Wildman–Crippen MR) is 441 cm³/mol. The second-order valence-corrected chi connectivity index (χ2v) is 36.4. The second-order valence-electron chi connectivity index (χ2n) is 36.4. The van der Waals surface area contributed by atoms with Crippen LogP contribution in [0.2, 0.25) is 0 Å². The summed E-state index contributed by atoms with van der Waals surface area (Å²) in [6.07, 6.45) is -118. The number of carbonyl (C=O) groups is 4. The molecule has 63 nitrogen and oxygen atoms in total. The van der Waals surface area contributed by atoms with Crippen LogP contribution in [0.25, 0.3) is 0 Å². The molecule has 830 valence electrons. The van der Waals surface area contributed by atoms with Gasteiger partial charge in [-0.05, 0) is 13.8 Å². The lowest BCUT2D eigenvalue weighted by Gasteiger charge is -2.52. The van der Waals surface area contributed by atoms with Gasteiger partial charge in [-0.25, -0.2) is 0 Å². The lowest BCUT2D eigenvalue weighted by atomic mass is 9.93.